The minimum absolute atomic E-state index is 0.0853. The molecule has 0 saturated heterocycles. The number of aromatic amines is 1. The Morgan fingerprint density at radius 3 is 2.58 bits per heavy atom. The van der Waals surface area contributed by atoms with Crippen LogP contribution in [0.1, 0.15) is 52.4 Å². The first-order chi connectivity index (χ1) is 9.06. The number of hydrogen-bond acceptors (Lipinski definition) is 3. The highest BCUT2D eigenvalue weighted by molar-refractivity contribution is 5.73. The molecule has 2 rings (SSSR count). The van der Waals surface area contributed by atoms with Gasteiger partial charge < -0.3 is 4.98 Å². The third-order valence-electron chi connectivity index (χ3n) is 3.40. The van der Waals surface area contributed by atoms with Crippen LogP contribution >= 0.6 is 0 Å². The van der Waals surface area contributed by atoms with E-state index < -0.39 is 0 Å². The first kappa shape index (κ1) is 13.8. The van der Waals surface area contributed by atoms with E-state index in [-0.39, 0.29) is 5.56 Å². The second-order valence-corrected chi connectivity index (χ2v) is 5.41. The van der Waals surface area contributed by atoms with E-state index in [0.717, 1.165) is 25.1 Å². The molecule has 0 aliphatic rings. The zero-order chi connectivity index (χ0) is 14.0. The third kappa shape index (κ3) is 2.69. The summed E-state index contributed by atoms with van der Waals surface area (Å²) in [6, 6.07) is 0.304. The highest BCUT2D eigenvalue weighted by Gasteiger charge is 2.15. The predicted octanol–water partition coefficient (Wildman–Crippen LogP) is 2.68. The van der Waals surface area contributed by atoms with Gasteiger partial charge in [0.25, 0.3) is 5.56 Å². The second-order valence-electron chi connectivity index (χ2n) is 5.41. The van der Waals surface area contributed by atoms with Gasteiger partial charge >= 0.3 is 0 Å². The normalized spacial score (nSPS) is 11.9. The first-order valence-electron chi connectivity index (χ1n) is 7.03. The van der Waals surface area contributed by atoms with E-state index in [0.29, 0.717) is 23.0 Å². The van der Waals surface area contributed by atoms with Crippen molar-refractivity contribution in [3.8, 4) is 0 Å². The summed E-state index contributed by atoms with van der Waals surface area (Å²) in [5.74, 6) is 1.21. The van der Waals surface area contributed by atoms with Gasteiger partial charge in [0.1, 0.15) is 11.2 Å². The van der Waals surface area contributed by atoms with Crippen LogP contribution < -0.4 is 5.56 Å². The fraction of sp³-hybridized carbons (Fsp3) is 0.643. The van der Waals surface area contributed by atoms with Crippen LogP contribution in [-0.4, -0.2) is 19.7 Å². The van der Waals surface area contributed by atoms with Crippen LogP contribution in [-0.2, 0) is 6.42 Å². The predicted molar refractivity (Wildman–Crippen MR) is 76.3 cm³/mol. The summed E-state index contributed by atoms with van der Waals surface area (Å²) >= 11 is 0. The molecule has 0 amide bonds. The molecule has 0 saturated carbocycles. The molecule has 2 aromatic rings. The molecule has 0 atom stereocenters. The summed E-state index contributed by atoms with van der Waals surface area (Å²) < 4.78 is 1.90. The van der Waals surface area contributed by atoms with Gasteiger partial charge in [-0.15, -0.1) is 0 Å². The van der Waals surface area contributed by atoms with Crippen LogP contribution in [0.4, 0.5) is 0 Å². The number of hydrogen-bond donors (Lipinski definition) is 1. The van der Waals surface area contributed by atoms with Crippen LogP contribution in [0.15, 0.2) is 11.0 Å². The molecule has 2 aromatic heterocycles. The number of H-pyrrole nitrogens is 1. The number of nitrogens with zero attached hydrogens (tertiary/aromatic N) is 3. The summed E-state index contributed by atoms with van der Waals surface area (Å²) in [5, 5.41) is 4.94. The van der Waals surface area contributed by atoms with Gasteiger partial charge in [-0.2, -0.15) is 5.10 Å². The fourth-order valence-electron chi connectivity index (χ4n) is 2.37. The Kier molecular flexibility index (Phi) is 4.02. The molecule has 0 bridgehead atoms. The molecule has 5 nitrogen and oxygen atoms in total. The van der Waals surface area contributed by atoms with Crippen LogP contribution in [0, 0.1) is 5.92 Å². The van der Waals surface area contributed by atoms with E-state index in [2.05, 4.69) is 42.8 Å². The van der Waals surface area contributed by atoms with E-state index in [1.165, 1.54) is 0 Å². The van der Waals surface area contributed by atoms with Gasteiger partial charge in [-0.3, -0.25) is 4.79 Å². The number of nitrogens with one attached hydrogen (secondary N) is 1. The van der Waals surface area contributed by atoms with Crippen molar-refractivity contribution < 1.29 is 0 Å². The van der Waals surface area contributed by atoms with E-state index in [1.807, 2.05) is 4.68 Å². The second kappa shape index (κ2) is 5.55. The maximum absolute atomic E-state index is 12.0. The fourth-order valence-corrected chi connectivity index (χ4v) is 2.37. The first-order valence-corrected chi connectivity index (χ1v) is 7.03. The monoisotopic (exact) mass is 262 g/mol. The quantitative estimate of drug-likeness (QED) is 0.901. The zero-order valence-electron chi connectivity index (χ0n) is 12.1. The van der Waals surface area contributed by atoms with Crippen molar-refractivity contribution in [2.45, 2.75) is 53.0 Å². The van der Waals surface area contributed by atoms with Gasteiger partial charge in [0.15, 0.2) is 5.65 Å². The Bertz CT molecular complexity index is 607. The summed E-state index contributed by atoms with van der Waals surface area (Å²) in [5.41, 5.74) is 0.631. The Hall–Kier alpha value is -1.65. The lowest BCUT2D eigenvalue weighted by molar-refractivity contribution is 0.438. The van der Waals surface area contributed by atoms with Gasteiger partial charge in [-0.25, -0.2) is 9.67 Å². The summed E-state index contributed by atoms with van der Waals surface area (Å²) in [7, 11) is 0. The number of rotatable bonds is 5. The van der Waals surface area contributed by atoms with Gasteiger partial charge in [0.05, 0.1) is 12.2 Å². The maximum atomic E-state index is 12.0. The Morgan fingerprint density at radius 1 is 1.32 bits per heavy atom. The van der Waals surface area contributed by atoms with Crippen molar-refractivity contribution in [1.29, 1.82) is 0 Å². The summed E-state index contributed by atoms with van der Waals surface area (Å²) in [6.07, 6.45) is 4.38. The SMILES string of the molecule is CCC(CC)n1ncc2c(=O)[nH]c(CC(C)C)nc21. The molecule has 0 unspecified atom stereocenters. The van der Waals surface area contributed by atoms with Crippen molar-refractivity contribution in [2.75, 3.05) is 0 Å². The molecule has 19 heavy (non-hydrogen) atoms. The molecule has 0 aliphatic carbocycles. The standard InChI is InChI=1S/C14H22N4O/c1-5-10(6-2)18-13-11(8-15-18)14(19)17-12(16-13)7-9(3)4/h8-10H,5-7H2,1-4H3,(H,16,17,19). The maximum Gasteiger partial charge on any atom is 0.262 e. The molecule has 1 N–H and O–H groups in total. The van der Waals surface area contributed by atoms with Crippen molar-refractivity contribution >= 4 is 11.0 Å². The average molecular weight is 262 g/mol. The highest BCUT2D eigenvalue weighted by atomic mass is 16.1. The molecular weight excluding hydrogens is 240 g/mol. The topological polar surface area (TPSA) is 63.6 Å². The van der Waals surface area contributed by atoms with Crippen LogP contribution in [0.5, 0.6) is 0 Å². The van der Waals surface area contributed by atoms with E-state index in [9.17, 15) is 4.79 Å². The van der Waals surface area contributed by atoms with Crippen LogP contribution in [0.2, 0.25) is 0 Å². The molecule has 0 aliphatic heterocycles. The van der Waals surface area contributed by atoms with Crippen molar-refractivity contribution in [3.63, 3.8) is 0 Å². The van der Waals surface area contributed by atoms with E-state index >= 15 is 0 Å². The van der Waals surface area contributed by atoms with E-state index in [1.54, 1.807) is 6.20 Å². The molecule has 5 heteroatoms. The smallest absolute Gasteiger partial charge is 0.262 e. The minimum atomic E-state index is -0.0853. The molecule has 2 heterocycles. The highest BCUT2D eigenvalue weighted by Crippen LogP contribution is 2.19. The molecular formula is C14H22N4O. The number of aromatic nitrogens is 4. The lowest BCUT2D eigenvalue weighted by atomic mass is 10.1. The van der Waals surface area contributed by atoms with E-state index in [4.69, 9.17) is 0 Å². The molecule has 0 fully saturated rings. The van der Waals surface area contributed by atoms with Gasteiger partial charge in [-0.1, -0.05) is 27.7 Å². The third-order valence-corrected chi connectivity index (χ3v) is 3.40. The molecule has 104 valence electrons. The van der Waals surface area contributed by atoms with Gasteiger partial charge in [0, 0.05) is 6.42 Å². The lowest BCUT2D eigenvalue weighted by Gasteiger charge is -2.14. The summed E-state index contributed by atoms with van der Waals surface area (Å²) in [6.45, 7) is 8.48. The van der Waals surface area contributed by atoms with Crippen LogP contribution in [0.25, 0.3) is 11.0 Å². The van der Waals surface area contributed by atoms with Gasteiger partial charge in [0.2, 0.25) is 0 Å². The lowest BCUT2D eigenvalue weighted by Crippen LogP contribution is -2.15. The van der Waals surface area contributed by atoms with Crippen LogP contribution in [0.3, 0.4) is 0 Å². The molecule has 0 spiro atoms. The van der Waals surface area contributed by atoms with Crippen molar-refractivity contribution in [3.05, 3.63) is 22.4 Å². The Labute approximate surface area is 113 Å². The van der Waals surface area contributed by atoms with Crippen molar-refractivity contribution in [2.24, 2.45) is 5.92 Å². The van der Waals surface area contributed by atoms with Crippen molar-refractivity contribution in [1.82, 2.24) is 19.7 Å². The molecule has 0 radical (unpaired) electrons. The summed E-state index contributed by atoms with van der Waals surface area (Å²) in [4.78, 5) is 19.5. The number of fused-ring (bicyclic) bond motifs is 1. The zero-order valence-corrected chi connectivity index (χ0v) is 12.1. The Balaban J connectivity index is 2.56. The average Bonchev–Trinajstić information content (AvgIpc) is 2.75. The largest absolute Gasteiger partial charge is 0.310 e. The minimum Gasteiger partial charge on any atom is -0.310 e. The van der Waals surface area contributed by atoms with Gasteiger partial charge in [-0.05, 0) is 18.8 Å². The molecule has 0 aromatic carbocycles. The Morgan fingerprint density at radius 2 is 2.00 bits per heavy atom.